The first-order valence-electron chi connectivity index (χ1n) is 8.70. The number of nitrogens with one attached hydrogen (secondary N) is 1. The average molecular weight is 363 g/mol. The highest BCUT2D eigenvalue weighted by Crippen LogP contribution is 2.23. The molecule has 6 nitrogen and oxygen atoms in total. The van der Waals surface area contributed by atoms with Crippen LogP contribution in [0.3, 0.4) is 0 Å². The molecule has 2 amide bonds. The highest BCUT2D eigenvalue weighted by molar-refractivity contribution is 7.99. The van der Waals surface area contributed by atoms with E-state index < -0.39 is 0 Å². The van der Waals surface area contributed by atoms with E-state index in [9.17, 15) is 9.59 Å². The summed E-state index contributed by atoms with van der Waals surface area (Å²) in [4.78, 5) is 29.1. The lowest BCUT2D eigenvalue weighted by Gasteiger charge is -2.36. The zero-order valence-electron chi connectivity index (χ0n) is 14.8. The fraction of sp³-hybridized carbons (Fsp3) is 0.556. The van der Waals surface area contributed by atoms with E-state index in [1.165, 1.54) is 0 Å². The Morgan fingerprint density at radius 2 is 1.96 bits per heavy atom. The summed E-state index contributed by atoms with van der Waals surface area (Å²) >= 11 is 1.75. The maximum Gasteiger partial charge on any atom is 0.257 e. The van der Waals surface area contributed by atoms with Crippen molar-refractivity contribution in [2.24, 2.45) is 0 Å². The van der Waals surface area contributed by atoms with Gasteiger partial charge in [0.1, 0.15) is 5.75 Å². The predicted molar refractivity (Wildman–Crippen MR) is 99.1 cm³/mol. The highest BCUT2D eigenvalue weighted by atomic mass is 32.2. The van der Waals surface area contributed by atoms with Gasteiger partial charge in [0.15, 0.2) is 0 Å². The van der Waals surface area contributed by atoms with Crippen molar-refractivity contribution in [2.45, 2.75) is 19.4 Å². The molecule has 0 bridgehead atoms. The molecule has 2 saturated heterocycles. The first kappa shape index (κ1) is 18.1. The van der Waals surface area contributed by atoms with Gasteiger partial charge < -0.3 is 14.5 Å². The summed E-state index contributed by atoms with van der Waals surface area (Å²) < 4.78 is 5.36. The zero-order chi connectivity index (χ0) is 17.8. The number of nitrogens with zero attached hydrogens (tertiary/aromatic N) is 2. The second-order valence-corrected chi connectivity index (χ2v) is 7.31. The number of hydrogen-bond donors (Lipinski definition) is 1. The van der Waals surface area contributed by atoms with E-state index >= 15 is 0 Å². The molecule has 0 aliphatic carbocycles. The van der Waals surface area contributed by atoms with E-state index in [2.05, 4.69) is 12.2 Å². The molecule has 1 aromatic rings. The van der Waals surface area contributed by atoms with Crippen molar-refractivity contribution in [2.75, 3.05) is 44.9 Å². The van der Waals surface area contributed by atoms with Gasteiger partial charge in [-0.3, -0.25) is 14.9 Å². The van der Waals surface area contributed by atoms with E-state index in [1.807, 2.05) is 28.0 Å². The number of carbonyl (C=O) groups is 2. The number of aryl methyl sites for hydroxylation is 1. The van der Waals surface area contributed by atoms with Crippen molar-refractivity contribution in [3.63, 3.8) is 0 Å². The summed E-state index contributed by atoms with van der Waals surface area (Å²) in [6, 6.07) is 5.68. The summed E-state index contributed by atoms with van der Waals surface area (Å²) in [5.74, 6) is 2.41. The summed E-state index contributed by atoms with van der Waals surface area (Å²) in [6.07, 6.45) is 0.874. The Balaban J connectivity index is 1.64. The Hall–Kier alpha value is -1.73. The molecule has 2 fully saturated rings. The molecule has 1 aromatic carbocycles. The van der Waals surface area contributed by atoms with E-state index in [4.69, 9.17) is 4.74 Å². The van der Waals surface area contributed by atoms with Crippen LogP contribution in [0.25, 0.3) is 0 Å². The Bertz CT molecular complexity index is 638. The molecule has 0 saturated carbocycles. The topological polar surface area (TPSA) is 61.9 Å². The third kappa shape index (κ3) is 3.93. The second kappa shape index (κ2) is 8.10. The van der Waals surface area contributed by atoms with Crippen LogP contribution in [0, 0.1) is 0 Å². The molecular weight excluding hydrogens is 338 g/mol. The molecule has 136 valence electrons. The first-order valence-corrected chi connectivity index (χ1v) is 9.85. The van der Waals surface area contributed by atoms with Gasteiger partial charge >= 0.3 is 0 Å². The molecule has 2 aliphatic rings. The van der Waals surface area contributed by atoms with Crippen LogP contribution in [-0.4, -0.2) is 72.6 Å². The number of hydrogen-bond acceptors (Lipinski definition) is 5. The normalized spacial score (nSPS) is 20.6. The summed E-state index contributed by atoms with van der Waals surface area (Å²) in [7, 11) is 1.58. The number of rotatable bonds is 4. The number of benzene rings is 1. The molecule has 0 spiro atoms. The van der Waals surface area contributed by atoms with Crippen molar-refractivity contribution in [1.29, 1.82) is 0 Å². The molecule has 1 N–H and O–H groups in total. The Morgan fingerprint density at radius 1 is 1.24 bits per heavy atom. The van der Waals surface area contributed by atoms with Gasteiger partial charge in [0.25, 0.3) is 5.91 Å². The van der Waals surface area contributed by atoms with Crippen molar-refractivity contribution in [3.05, 3.63) is 29.3 Å². The Kier molecular flexibility index (Phi) is 5.86. The van der Waals surface area contributed by atoms with Crippen molar-refractivity contribution in [1.82, 2.24) is 15.1 Å². The Labute approximate surface area is 152 Å². The third-order valence-electron chi connectivity index (χ3n) is 4.80. The maximum atomic E-state index is 12.9. The fourth-order valence-electron chi connectivity index (χ4n) is 3.22. The number of piperazine rings is 1. The van der Waals surface area contributed by atoms with E-state index in [1.54, 1.807) is 18.9 Å². The van der Waals surface area contributed by atoms with Crippen LogP contribution in [0.5, 0.6) is 5.75 Å². The lowest BCUT2D eigenvalue weighted by molar-refractivity contribution is -0.134. The predicted octanol–water partition coefficient (Wildman–Crippen LogP) is 1.20. The second-order valence-electron chi connectivity index (χ2n) is 6.28. The molecule has 2 aliphatic heterocycles. The number of carbonyl (C=O) groups excluding carboxylic acids is 2. The molecule has 25 heavy (non-hydrogen) atoms. The maximum absolute atomic E-state index is 12.9. The van der Waals surface area contributed by atoms with Crippen LogP contribution in [-0.2, 0) is 11.2 Å². The van der Waals surface area contributed by atoms with Crippen LogP contribution in [0.2, 0.25) is 0 Å². The van der Waals surface area contributed by atoms with Crippen LogP contribution in [0.15, 0.2) is 18.2 Å². The van der Waals surface area contributed by atoms with Gasteiger partial charge in [0.05, 0.1) is 18.7 Å². The van der Waals surface area contributed by atoms with E-state index in [0.717, 1.165) is 23.6 Å². The molecule has 3 rings (SSSR count). The van der Waals surface area contributed by atoms with Crippen molar-refractivity contribution < 1.29 is 14.3 Å². The molecule has 7 heteroatoms. The number of thioether (sulfide) groups is 1. The minimum atomic E-state index is -0.0754. The summed E-state index contributed by atoms with van der Waals surface area (Å²) in [5, 5.41) is 3.22. The fourth-order valence-corrected chi connectivity index (χ4v) is 4.15. The van der Waals surface area contributed by atoms with E-state index in [-0.39, 0.29) is 17.9 Å². The van der Waals surface area contributed by atoms with Crippen LogP contribution in [0.1, 0.15) is 22.8 Å². The zero-order valence-corrected chi connectivity index (χ0v) is 15.6. The molecule has 0 radical (unpaired) electrons. The molecule has 2 heterocycles. The van der Waals surface area contributed by atoms with Crippen molar-refractivity contribution >= 4 is 23.6 Å². The highest BCUT2D eigenvalue weighted by Gasteiger charge is 2.31. The lowest BCUT2D eigenvalue weighted by atomic mass is 10.1. The van der Waals surface area contributed by atoms with E-state index in [0.29, 0.717) is 37.5 Å². The standard InChI is InChI=1S/C18H25N3O3S/c1-3-13-4-5-16(24-2)14(10-13)17(22)20-6-8-21(9-7-20)18(23)15-11-25-12-19-15/h4-5,10,15,19H,3,6-9,11-12H2,1-2H3. The van der Waals surface area contributed by atoms with Gasteiger partial charge in [-0.05, 0) is 24.1 Å². The number of methoxy groups -OCH3 is 1. The molecular formula is C18H25N3O3S. The number of ether oxygens (including phenoxy) is 1. The van der Waals surface area contributed by atoms with Gasteiger partial charge in [0.2, 0.25) is 5.91 Å². The Morgan fingerprint density at radius 3 is 2.56 bits per heavy atom. The van der Waals surface area contributed by atoms with Gasteiger partial charge in [-0.1, -0.05) is 13.0 Å². The monoisotopic (exact) mass is 363 g/mol. The first-order chi connectivity index (χ1) is 12.1. The molecule has 1 atom stereocenters. The quantitative estimate of drug-likeness (QED) is 0.871. The van der Waals surface area contributed by atoms with Crippen LogP contribution in [0.4, 0.5) is 0 Å². The summed E-state index contributed by atoms with van der Waals surface area (Å²) in [6.45, 7) is 4.36. The van der Waals surface area contributed by atoms with Crippen LogP contribution < -0.4 is 10.1 Å². The van der Waals surface area contributed by atoms with Gasteiger partial charge in [-0.25, -0.2) is 0 Å². The van der Waals surface area contributed by atoms with Gasteiger partial charge in [-0.15, -0.1) is 11.8 Å². The minimum absolute atomic E-state index is 0.0196. The third-order valence-corrected chi connectivity index (χ3v) is 5.74. The van der Waals surface area contributed by atoms with Gasteiger partial charge in [-0.2, -0.15) is 0 Å². The molecule has 0 aromatic heterocycles. The van der Waals surface area contributed by atoms with Crippen LogP contribution >= 0.6 is 11.8 Å². The summed E-state index contributed by atoms with van der Waals surface area (Å²) in [5.41, 5.74) is 1.72. The lowest BCUT2D eigenvalue weighted by Crippen LogP contribution is -2.54. The SMILES string of the molecule is CCc1ccc(OC)c(C(=O)N2CCN(C(=O)C3CSCN3)CC2)c1. The largest absolute Gasteiger partial charge is 0.496 e. The minimum Gasteiger partial charge on any atom is -0.496 e. The average Bonchev–Trinajstić information content (AvgIpc) is 3.21. The van der Waals surface area contributed by atoms with Gasteiger partial charge in [0, 0.05) is 37.8 Å². The van der Waals surface area contributed by atoms with Crippen molar-refractivity contribution in [3.8, 4) is 5.75 Å². The molecule has 1 unspecified atom stereocenters. The smallest absolute Gasteiger partial charge is 0.257 e. The number of amides is 2.